The SMILES string of the molecule is CCC1(F)CC(F)(C(C)(F)F)OC(F)(F)C1(F)OC(F)(F)F. The predicted molar refractivity (Wildman–Crippen MR) is 50.2 cm³/mol. The molecule has 0 spiro atoms. The van der Waals surface area contributed by atoms with Crippen LogP contribution in [-0.4, -0.2) is 35.8 Å². The summed E-state index contributed by atoms with van der Waals surface area (Å²) >= 11 is 0. The van der Waals surface area contributed by atoms with E-state index in [0.717, 1.165) is 0 Å². The molecule has 22 heavy (non-hydrogen) atoms. The lowest BCUT2D eigenvalue weighted by atomic mass is 9.81. The van der Waals surface area contributed by atoms with Crippen LogP contribution < -0.4 is 0 Å². The molecule has 1 aliphatic rings. The van der Waals surface area contributed by atoms with Gasteiger partial charge >= 0.3 is 24.2 Å². The fourth-order valence-electron chi connectivity index (χ4n) is 1.95. The summed E-state index contributed by atoms with van der Waals surface area (Å²) in [6.45, 7) is 0.290. The third-order valence-electron chi connectivity index (χ3n) is 3.22. The van der Waals surface area contributed by atoms with Crippen molar-refractivity contribution in [1.29, 1.82) is 0 Å². The maximum Gasteiger partial charge on any atom is 0.525 e. The van der Waals surface area contributed by atoms with Crippen LogP contribution in [0.5, 0.6) is 0 Å². The third kappa shape index (κ3) is 2.86. The van der Waals surface area contributed by atoms with Crippen LogP contribution in [0.25, 0.3) is 0 Å². The summed E-state index contributed by atoms with van der Waals surface area (Å²) in [5.74, 6) is -15.0. The van der Waals surface area contributed by atoms with Gasteiger partial charge in [-0.1, -0.05) is 6.92 Å². The number of halogens is 10. The Morgan fingerprint density at radius 3 is 1.77 bits per heavy atom. The van der Waals surface area contributed by atoms with E-state index < -0.39 is 48.6 Å². The van der Waals surface area contributed by atoms with Crippen molar-refractivity contribution in [2.45, 2.75) is 62.5 Å². The maximum atomic E-state index is 14.3. The molecule has 0 aromatic carbocycles. The van der Waals surface area contributed by atoms with Crippen molar-refractivity contribution in [2.24, 2.45) is 0 Å². The van der Waals surface area contributed by atoms with Gasteiger partial charge in [-0.05, 0) is 6.42 Å². The molecular weight excluding hydrogens is 342 g/mol. The molecule has 1 aliphatic heterocycles. The summed E-state index contributed by atoms with van der Waals surface area (Å²) in [7, 11) is 0. The zero-order chi connectivity index (χ0) is 17.8. The second-order valence-electron chi connectivity index (χ2n) is 4.87. The highest BCUT2D eigenvalue weighted by atomic mass is 19.4. The number of rotatable bonds is 3. The van der Waals surface area contributed by atoms with E-state index in [4.69, 9.17) is 0 Å². The quantitative estimate of drug-likeness (QED) is 0.689. The first-order valence-electron chi connectivity index (χ1n) is 5.72. The molecule has 1 fully saturated rings. The standard InChI is InChI=1S/C10H10F10O2/c1-3-6(13)4-7(14,5(2,11)12)21-9(16,17)8(6,15)22-10(18,19)20/h3-4H2,1-2H3. The van der Waals surface area contributed by atoms with E-state index in [0.29, 0.717) is 6.92 Å². The summed E-state index contributed by atoms with van der Waals surface area (Å²) in [4.78, 5) is 0. The van der Waals surface area contributed by atoms with Crippen molar-refractivity contribution >= 4 is 0 Å². The van der Waals surface area contributed by atoms with Gasteiger partial charge in [0, 0.05) is 6.92 Å². The van der Waals surface area contributed by atoms with E-state index in [-0.39, 0.29) is 6.92 Å². The summed E-state index contributed by atoms with van der Waals surface area (Å²) < 4.78 is 137. The Balaban J connectivity index is 3.44. The van der Waals surface area contributed by atoms with Crippen LogP contribution in [0.3, 0.4) is 0 Å². The Kier molecular flexibility index (Phi) is 4.25. The van der Waals surface area contributed by atoms with Crippen molar-refractivity contribution in [1.82, 2.24) is 0 Å². The Labute approximate surface area is 117 Å². The molecule has 1 rings (SSSR count). The van der Waals surface area contributed by atoms with Crippen LogP contribution >= 0.6 is 0 Å². The van der Waals surface area contributed by atoms with Gasteiger partial charge < -0.3 is 0 Å². The molecule has 0 saturated carbocycles. The molecule has 2 nitrogen and oxygen atoms in total. The van der Waals surface area contributed by atoms with Crippen molar-refractivity contribution < 1.29 is 53.4 Å². The number of ether oxygens (including phenoxy) is 2. The van der Waals surface area contributed by atoms with E-state index in [1.54, 1.807) is 0 Å². The van der Waals surface area contributed by atoms with E-state index in [2.05, 4.69) is 9.47 Å². The van der Waals surface area contributed by atoms with Gasteiger partial charge in [-0.2, -0.15) is 13.2 Å². The van der Waals surface area contributed by atoms with Crippen molar-refractivity contribution in [3.05, 3.63) is 0 Å². The fraction of sp³-hybridized carbons (Fsp3) is 1.00. The fourth-order valence-corrected chi connectivity index (χ4v) is 1.95. The summed E-state index contributed by atoms with van der Waals surface area (Å²) in [5, 5.41) is 0. The predicted octanol–water partition coefficient (Wildman–Crippen LogP) is 4.64. The molecule has 0 amide bonds. The monoisotopic (exact) mass is 352 g/mol. The van der Waals surface area contributed by atoms with Gasteiger partial charge in [0.25, 0.3) is 5.85 Å². The largest absolute Gasteiger partial charge is 0.525 e. The van der Waals surface area contributed by atoms with Gasteiger partial charge in [0.15, 0.2) is 5.67 Å². The molecular formula is C10H10F10O2. The normalized spacial score (nSPS) is 39.8. The minimum atomic E-state index is -6.10. The number of alkyl halides is 10. The van der Waals surface area contributed by atoms with Crippen molar-refractivity contribution in [3.8, 4) is 0 Å². The van der Waals surface area contributed by atoms with E-state index >= 15 is 0 Å². The molecule has 132 valence electrons. The summed E-state index contributed by atoms with van der Waals surface area (Å²) in [5.41, 5.74) is -4.43. The Morgan fingerprint density at radius 2 is 1.45 bits per heavy atom. The van der Waals surface area contributed by atoms with Crippen LogP contribution in [0, 0.1) is 0 Å². The zero-order valence-corrected chi connectivity index (χ0v) is 11.0. The maximum absolute atomic E-state index is 14.3. The Hall–Kier alpha value is -0.780. The van der Waals surface area contributed by atoms with Crippen LogP contribution in [0.4, 0.5) is 43.9 Å². The molecule has 0 radical (unpaired) electrons. The molecule has 1 heterocycles. The molecule has 0 N–H and O–H groups in total. The van der Waals surface area contributed by atoms with Gasteiger partial charge in [0.2, 0.25) is 0 Å². The molecule has 0 aromatic rings. The van der Waals surface area contributed by atoms with Gasteiger partial charge in [0.1, 0.15) is 0 Å². The first-order valence-corrected chi connectivity index (χ1v) is 5.72. The highest BCUT2D eigenvalue weighted by Crippen LogP contribution is 2.60. The number of hydrogen-bond acceptors (Lipinski definition) is 2. The van der Waals surface area contributed by atoms with Crippen molar-refractivity contribution in [2.75, 3.05) is 0 Å². The number of hydrogen-bond donors (Lipinski definition) is 0. The summed E-state index contributed by atoms with van der Waals surface area (Å²) in [6.07, 6.45) is -16.0. The highest BCUT2D eigenvalue weighted by molar-refractivity contribution is 5.09. The molecule has 12 heteroatoms. The molecule has 3 atom stereocenters. The first kappa shape index (κ1) is 19.3. The average Bonchev–Trinajstić information content (AvgIpc) is 2.22. The lowest BCUT2D eigenvalue weighted by Gasteiger charge is -2.51. The lowest BCUT2D eigenvalue weighted by molar-refractivity contribution is -0.543. The van der Waals surface area contributed by atoms with Crippen LogP contribution in [0.2, 0.25) is 0 Å². The smallest absolute Gasteiger partial charge is 0.272 e. The first-order chi connectivity index (χ1) is 9.43. The molecule has 3 unspecified atom stereocenters. The van der Waals surface area contributed by atoms with E-state index in [9.17, 15) is 43.9 Å². The van der Waals surface area contributed by atoms with Gasteiger partial charge in [-0.25, -0.2) is 22.3 Å². The Morgan fingerprint density at radius 1 is 1.00 bits per heavy atom. The van der Waals surface area contributed by atoms with Crippen LogP contribution in [-0.2, 0) is 9.47 Å². The second kappa shape index (κ2) is 4.86. The summed E-state index contributed by atoms with van der Waals surface area (Å²) in [6, 6.07) is 0. The third-order valence-corrected chi connectivity index (χ3v) is 3.22. The van der Waals surface area contributed by atoms with Crippen LogP contribution in [0.1, 0.15) is 26.7 Å². The highest BCUT2D eigenvalue weighted by Gasteiger charge is 2.82. The molecule has 0 aliphatic carbocycles. The Bertz CT molecular complexity index is 432. The topological polar surface area (TPSA) is 18.5 Å². The van der Waals surface area contributed by atoms with Gasteiger partial charge in [0.05, 0.1) is 6.42 Å². The molecule has 0 aromatic heterocycles. The second-order valence-corrected chi connectivity index (χ2v) is 4.87. The minimum Gasteiger partial charge on any atom is -0.272 e. The minimum absolute atomic E-state index is 0.269. The van der Waals surface area contributed by atoms with E-state index in [1.807, 2.05) is 0 Å². The zero-order valence-electron chi connectivity index (χ0n) is 11.0. The van der Waals surface area contributed by atoms with Crippen LogP contribution in [0.15, 0.2) is 0 Å². The van der Waals surface area contributed by atoms with Crippen molar-refractivity contribution in [3.63, 3.8) is 0 Å². The van der Waals surface area contributed by atoms with E-state index in [1.165, 1.54) is 0 Å². The molecule has 0 bridgehead atoms. The molecule has 1 saturated heterocycles. The lowest BCUT2D eigenvalue weighted by Crippen LogP contribution is -2.73. The average molecular weight is 352 g/mol. The van der Waals surface area contributed by atoms with Gasteiger partial charge in [-0.15, -0.1) is 13.2 Å². The van der Waals surface area contributed by atoms with Gasteiger partial charge in [-0.3, -0.25) is 4.74 Å².